The number of amides is 1. The fraction of sp³-hybridized carbons (Fsp3) is 0.509. The Labute approximate surface area is 413 Å². The number of carbonyl (C=O) groups excluding carboxylic acids is 1. The van der Waals surface area contributed by atoms with E-state index in [4.69, 9.17) is 38.4 Å². The van der Waals surface area contributed by atoms with E-state index < -0.39 is 30.1 Å². The lowest BCUT2D eigenvalue weighted by atomic mass is 9.55. The molecule has 0 spiro atoms. The zero-order valence-corrected chi connectivity index (χ0v) is 40.5. The molecule has 2 saturated heterocycles. The van der Waals surface area contributed by atoms with Crippen LogP contribution in [0.15, 0.2) is 120 Å². The van der Waals surface area contributed by atoms with Crippen molar-refractivity contribution in [2.45, 2.75) is 101 Å². The molecule has 7 unspecified atom stereocenters. The molecule has 4 aromatic rings. The predicted molar refractivity (Wildman–Crippen MR) is 269 cm³/mol. The first-order valence-electron chi connectivity index (χ1n) is 25.7. The molecule has 70 heavy (non-hydrogen) atoms. The third-order valence-corrected chi connectivity index (χ3v) is 14.7. The van der Waals surface area contributed by atoms with Gasteiger partial charge in [-0.25, -0.2) is 4.79 Å². The number of benzene rings is 4. The molecule has 9 rings (SSSR count). The van der Waals surface area contributed by atoms with Gasteiger partial charge in [0.25, 0.3) is 0 Å². The topological polar surface area (TPSA) is 141 Å². The Bertz CT molecular complexity index is 2400. The molecule has 1 saturated carbocycles. The van der Waals surface area contributed by atoms with Crippen molar-refractivity contribution < 1.29 is 48.3 Å². The fourth-order valence-electron chi connectivity index (χ4n) is 11.2. The Hall–Kier alpha value is -5.28. The standard InChI is InChI=1S/C57H71N3O10/c1-2-31-68-57-52(60(39-44-20-14-19-42-17-6-7-21-46(42)44)56(63)67-35-34-64-40-41-15-4-3-5-16-41)38-50(58-70-53-23-10-13-32-66-53)48-36-43(18-8-11-29-61)47(22-9-12-30-62)54(55(48)57)49-37-45(24-25-51(49)69-57)65-33-28-59-26-27-59/h2-7,14-17,19-21,24-25,36-37,43,47,52-55,61-62H,1,8-13,18,22-23,26-35,38-40H2. The molecule has 1 amide bonds. The molecule has 3 aliphatic heterocycles. The third-order valence-electron chi connectivity index (χ3n) is 14.7. The summed E-state index contributed by atoms with van der Waals surface area (Å²) in [7, 11) is 0. The van der Waals surface area contributed by atoms with Crippen molar-refractivity contribution >= 4 is 22.6 Å². The molecule has 374 valence electrons. The van der Waals surface area contributed by atoms with E-state index in [0.717, 1.165) is 103 Å². The van der Waals surface area contributed by atoms with Crippen molar-refractivity contribution in [3.8, 4) is 11.5 Å². The number of rotatable bonds is 25. The van der Waals surface area contributed by atoms with Gasteiger partial charge < -0.3 is 43.5 Å². The van der Waals surface area contributed by atoms with E-state index in [1.54, 1.807) is 11.0 Å². The number of hydrogen-bond acceptors (Lipinski definition) is 12. The molecule has 13 heteroatoms. The Morgan fingerprint density at radius 1 is 0.914 bits per heavy atom. The second-order valence-corrected chi connectivity index (χ2v) is 19.3. The zero-order valence-electron chi connectivity index (χ0n) is 40.5. The number of carbonyl (C=O) groups is 1. The molecular formula is C57H71N3O10. The maximum absolute atomic E-state index is 15.3. The Morgan fingerprint density at radius 3 is 2.53 bits per heavy atom. The van der Waals surface area contributed by atoms with Crippen LogP contribution in [0, 0.1) is 17.8 Å². The normalized spacial score (nSPS) is 25.3. The average Bonchev–Trinajstić information content (AvgIpc) is 4.23. The van der Waals surface area contributed by atoms with Crippen LogP contribution in [0.1, 0.15) is 86.8 Å². The maximum Gasteiger partial charge on any atom is 0.410 e. The first kappa shape index (κ1) is 49.7. The van der Waals surface area contributed by atoms with Crippen molar-refractivity contribution in [1.29, 1.82) is 0 Å². The minimum absolute atomic E-state index is 0.0257. The SMILES string of the molecule is C=CCOC12Oc3ccc(OCCN4CC4)cc3C3C(CCCCO)C(CCCCO)C=C(C(=NOC4CCCCO4)CC1N(Cc1cccc4ccccc14)C(=O)OCCOCc1ccccc1)C32. The number of unbranched alkanes of at least 4 members (excludes halogenated alkanes) is 2. The Morgan fingerprint density at radius 2 is 1.73 bits per heavy atom. The van der Waals surface area contributed by atoms with E-state index >= 15 is 4.79 Å². The average molecular weight is 958 g/mol. The predicted octanol–water partition coefficient (Wildman–Crippen LogP) is 9.55. The smallest absolute Gasteiger partial charge is 0.410 e. The van der Waals surface area contributed by atoms with E-state index in [1.165, 1.54) is 0 Å². The first-order chi connectivity index (χ1) is 34.5. The van der Waals surface area contributed by atoms with Crippen molar-refractivity contribution in [2.75, 3.05) is 65.9 Å². The fourth-order valence-corrected chi connectivity index (χ4v) is 11.2. The van der Waals surface area contributed by atoms with Gasteiger partial charge in [-0.3, -0.25) is 9.80 Å². The number of oxime groups is 1. The summed E-state index contributed by atoms with van der Waals surface area (Å²) < 4.78 is 39.6. The second kappa shape index (κ2) is 24.2. The summed E-state index contributed by atoms with van der Waals surface area (Å²) in [6, 6.07) is 29.6. The van der Waals surface area contributed by atoms with Gasteiger partial charge in [-0.1, -0.05) is 103 Å². The minimum atomic E-state index is -1.47. The molecule has 5 aliphatic rings. The van der Waals surface area contributed by atoms with E-state index in [-0.39, 0.29) is 63.8 Å². The summed E-state index contributed by atoms with van der Waals surface area (Å²) in [6.45, 7) is 9.46. The molecule has 0 bridgehead atoms. The van der Waals surface area contributed by atoms with Crippen molar-refractivity contribution in [2.24, 2.45) is 22.9 Å². The van der Waals surface area contributed by atoms with E-state index in [0.29, 0.717) is 44.1 Å². The highest BCUT2D eigenvalue weighted by molar-refractivity contribution is 6.03. The van der Waals surface area contributed by atoms with Crippen molar-refractivity contribution in [3.63, 3.8) is 0 Å². The van der Waals surface area contributed by atoms with E-state index in [1.807, 2.05) is 60.7 Å². The molecule has 4 aromatic carbocycles. The number of aliphatic hydroxyl groups is 2. The first-order valence-corrected chi connectivity index (χ1v) is 25.7. The molecule has 0 radical (unpaired) electrons. The van der Waals surface area contributed by atoms with Gasteiger partial charge in [0.1, 0.15) is 30.8 Å². The van der Waals surface area contributed by atoms with Crippen LogP contribution in [0.3, 0.4) is 0 Å². The molecule has 7 atom stereocenters. The van der Waals surface area contributed by atoms with Crippen molar-refractivity contribution in [3.05, 3.63) is 132 Å². The summed E-state index contributed by atoms with van der Waals surface area (Å²) in [5.74, 6) is -0.606. The van der Waals surface area contributed by atoms with Crippen molar-refractivity contribution in [1.82, 2.24) is 9.80 Å². The van der Waals surface area contributed by atoms with Gasteiger partial charge in [-0.2, -0.15) is 0 Å². The van der Waals surface area contributed by atoms with E-state index in [2.05, 4.69) is 47.9 Å². The molecule has 2 N–H and O–H groups in total. The van der Waals surface area contributed by atoms with E-state index in [9.17, 15) is 10.2 Å². The van der Waals surface area contributed by atoms with Gasteiger partial charge in [-0.05, 0) is 96.0 Å². The summed E-state index contributed by atoms with van der Waals surface area (Å²) >= 11 is 0. The molecule has 2 aliphatic carbocycles. The number of aliphatic hydroxyl groups excluding tert-OH is 2. The summed E-state index contributed by atoms with van der Waals surface area (Å²) in [5, 5.41) is 27.3. The minimum Gasteiger partial charge on any atom is -0.492 e. The quantitative estimate of drug-likeness (QED) is 0.0284. The van der Waals surface area contributed by atoms with Crippen LogP contribution in [-0.2, 0) is 36.9 Å². The third kappa shape index (κ3) is 11.7. The summed E-state index contributed by atoms with van der Waals surface area (Å²) in [6.07, 6.45) is 10.6. The molecular weight excluding hydrogens is 887 g/mol. The lowest BCUT2D eigenvalue weighted by molar-refractivity contribution is -0.256. The molecule has 3 heterocycles. The van der Waals surface area contributed by atoms with Crippen LogP contribution in [-0.4, -0.2) is 116 Å². The lowest BCUT2D eigenvalue weighted by Gasteiger charge is -2.60. The summed E-state index contributed by atoms with van der Waals surface area (Å²) in [5.41, 5.74) is 4.64. The highest BCUT2D eigenvalue weighted by atomic mass is 16.8. The molecule has 3 fully saturated rings. The van der Waals surface area contributed by atoms with Gasteiger partial charge in [0.15, 0.2) is 0 Å². The van der Waals surface area contributed by atoms with Crippen LogP contribution in [0.5, 0.6) is 11.5 Å². The number of allylic oxidation sites excluding steroid dienone is 1. The van der Waals surface area contributed by atoms with Gasteiger partial charge in [0, 0.05) is 57.2 Å². The molecule has 0 aromatic heterocycles. The van der Waals surface area contributed by atoms with Crippen LogP contribution >= 0.6 is 0 Å². The lowest BCUT2D eigenvalue weighted by Crippen LogP contribution is -2.70. The van der Waals surface area contributed by atoms with Gasteiger partial charge >= 0.3 is 6.09 Å². The zero-order chi connectivity index (χ0) is 48.1. The van der Waals surface area contributed by atoms with Gasteiger partial charge in [0.05, 0.1) is 44.6 Å². The number of hydrogen-bond donors (Lipinski definition) is 2. The number of fused-ring (bicyclic) bond motifs is 3. The second-order valence-electron chi connectivity index (χ2n) is 19.3. The Kier molecular flexibility index (Phi) is 17.2. The van der Waals surface area contributed by atoms with Crippen LogP contribution in [0.2, 0.25) is 0 Å². The monoisotopic (exact) mass is 958 g/mol. The molecule has 13 nitrogen and oxygen atoms in total. The number of ether oxygens (including phenoxy) is 6. The highest BCUT2D eigenvalue weighted by Gasteiger charge is 2.66. The largest absolute Gasteiger partial charge is 0.492 e. The Balaban J connectivity index is 1.18. The summed E-state index contributed by atoms with van der Waals surface area (Å²) in [4.78, 5) is 25.8. The van der Waals surface area contributed by atoms with Crippen LogP contribution in [0.25, 0.3) is 10.8 Å². The maximum atomic E-state index is 15.3. The van der Waals surface area contributed by atoms with Gasteiger partial charge in [-0.15, -0.1) is 6.58 Å². The van der Waals surface area contributed by atoms with Crippen LogP contribution < -0.4 is 9.47 Å². The highest BCUT2D eigenvalue weighted by Crippen LogP contribution is 2.62. The number of nitrogens with zero attached hydrogens (tertiary/aromatic N) is 3. The van der Waals surface area contributed by atoms with Gasteiger partial charge in [0.2, 0.25) is 12.1 Å². The van der Waals surface area contributed by atoms with Crippen LogP contribution in [0.4, 0.5) is 4.79 Å².